The number of nitrogens with zero attached hydrogens (tertiary/aromatic N) is 1. The first-order valence-corrected chi connectivity index (χ1v) is 11.4. The molecular weight excluding hydrogens is 394 g/mol. The highest BCUT2D eigenvalue weighted by molar-refractivity contribution is 8.04. The van der Waals surface area contributed by atoms with Gasteiger partial charge in [-0.15, -0.1) is 0 Å². The number of rotatable bonds is 7. The summed E-state index contributed by atoms with van der Waals surface area (Å²) in [6.45, 7) is -0.316. The molecule has 0 aliphatic rings. The standard InChI is InChI=1S/C21H19NO4S2/c23-27(24,20-14-6-2-7-15-20)22(18-10-13-19-11-4-1-5-12-19)28(25,26)21-16-8-3-9-17-21/h1-17H,18H2/b13-10+. The van der Waals surface area contributed by atoms with Crippen molar-refractivity contribution in [3.05, 3.63) is 103 Å². The maximum Gasteiger partial charge on any atom is 0.256 e. The van der Waals surface area contributed by atoms with Gasteiger partial charge < -0.3 is 0 Å². The fourth-order valence-corrected chi connectivity index (χ4v) is 6.17. The second-order valence-corrected chi connectivity index (χ2v) is 9.86. The van der Waals surface area contributed by atoms with Crippen molar-refractivity contribution in [2.24, 2.45) is 0 Å². The van der Waals surface area contributed by atoms with Crippen LogP contribution >= 0.6 is 0 Å². The maximum absolute atomic E-state index is 13.1. The number of sulfonamides is 2. The lowest BCUT2D eigenvalue weighted by molar-refractivity contribution is 0.513. The minimum Gasteiger partial charge on any atom is -0.206 e. The second kappa shape index (κ2) is 8.52. The Morgan fingerprint density at radius 1 is 0.607 bits per heavy atom. The summed E-state index contributed by atoms with van der Waals surface area (Å²) in [7, 11) is -8.53. The summed E-state index contributed by atoms with van der Waals surface area (Å²) in [5, 5.41) is 0. The van der Waals surface area contributed by atoms with Crippen LogP contribution in [0.25, 0.3) is 6.08 Å². The zero-order valence-corrected chi connectivity index (χ0v) is 16.6. The SMILES string of the molecule is O=S(=O)(c1ccccc1)N(C/C=C/c1ccccc1)S(=O)(=O)c1ccccc1. The third-order valence-corrected chi connectivity index (χ3v) is 8.27. The molecule has 5 nitrogen and oxygen atoms in total. The van der Waals surface area contributed by atoms with Crippen molar-refractivity contribution in [2.45, 2.75) is 9.79 Å². The van der Waals surface area contributed by atoms with Gasteiger partial charge in [0.05, 0.1) is 9.79 Å². The lowest BCUT2D eigenvalue weighted by Crippen LogP contribution is -2.37. The van der Waals surface area contributed by atoms with Crippen LogP contribution in [0.15, 0.2) is 107 Å². The molecular formula is C21H19NO4S2. The van der Waals surface area contributed by atoms with Crippen LogP contribution in [0, 0.1) is 0 Å². The van der Waals surface area contributed by atoms with Gasteiger partial charge in [0.1, 0.15) is 0 Å². The van der Waals surface area contributed by atoms with E-state index < -0.39 is 20.0 Å². The lowest BCUT2D eigenvalue weighted by Gasteiger charge is -2.21. The first-order valence-electron chi connectivity index (χ1n) is 8.52. The molecule has 0 amide bonds. The van der Waals surface area contributed by atoms with E-state index in [1.165, 1.54) is 30.3 Å². The molecule has 144 valence electrons. The Kier molecular flexibility index (Phi) is 6.08. The summed E-state index contributed by atoms with van der Waals surface area (Å²) in [6, 6.07) is 24.3. The van der Waals surface area contributed by atoms with E-state index in [2.05, 4.69) is 0 Å². The van der Waals surface area contributed by atoms with Gasteiger partial charge in [0.15, 0.2) is 0 Å². The van der Waals surface area contributed by atoms with Gasteiger partial charge in [-0.25, -0.2) is 16.8 Å². The molecule has 0 saturated carbocycles. The molecule has 7 heteroatoms. The number of hydrogen-bond donors (Lipinski definition) is 0. The van der Waals surface area contributed by atoms with Crippen molar-refractivity contribution >= 4 is 26.1 Å². The lowest BCUT2D eigenvalue weighted by atomic mass is 10.2. The van der Waals surface area contributed by atoms with Crippen molar-refractivity contribution in [2.75, 3.05) is 6.54 Å². The van der Waals surface area contributed by atoms with Crippen LogP contribution < -0.4 is 0 Å². The van der Waals surface area contributed by atoms with E-state index >= 15 is 0 Å². The minimum atomic E-state index is -4.27. The fourth-order valence-electron chi connectivity index (χ4n) is 2.58. The molecule has 28 heavy (non-hydrogen) atoms. The molecule has 3 rings (SSSR count). The largest absolute Gasteiger partial charge is 0.256 e. The van der Waals surface area contributed by atoms with Crippen LogP contribution in [0.2, 0.25) is 0 Å². The van der Waals surface area contributed by atoms with E-state index in [0.29, 0.717) is 3.71 Å². The molecule has 3 aromatic carbocycles. The molecule has 0 fully saturated rings. The summed E-state index contributed by atoms with van der Waals surface area (Å²) in [4.78, 5) is -0.162. The predicted molar refractivity (Wildman–Crippen MR) is 109 cm³/mol. The second-order valence-electron chi connectivity index (χ2n) is 5.90. The molecule has 0 unspecified atom stereocenters. The molecule has 0 heterocycles. The highest BCUT2D eigenvalue weighted by atomic mass is 32.3. The number of benzene rings is 3. The van der Waals surface area contributed by atoms with E-state index in [-0.39, 0.29) is 16.3 Å². The monoisotopic (exact) mass is 413 g/mol. The van der Waals surface area contributed by atoms with Gasteiger partial charge >= 0.3 is 0 Å². The zero-order valence-electron chi connectivity index (χ0n) is 14.9. The Balaban J connectivity index is 2.03. The van der Waals surface area contributed by atoms with Crippen LogP contribution in [0.3, 0.4) is 0 Å². The van der Waals surface area contributed by atoms with Gasteiger partial charge in [0, 0.05) is 6.54 Å². The summed E-state index contributed by atoms with van der Waals surface area (Å²) < 4.78 is 53.0. The highest BCUT2D eigenvalue weighted by Gasteiger charge is 2.35. The molecule has 0 atom stereocenters. The van der Waals surface area contributed by atoms with Gasteiger partial charge in [0.2, 0.25) is 0 Å². The topological polar surface area (TPSA) is 71.5 Å². The van der Waals surface area contributed by atoms with Crippen molar-refractivity contribution in [3.63, 3.8) is 0 Å². The Hall–Kier alpha value is -2.74. The summed E-state index contributed by atoms with van der Waals surface area (Å²) in [6.07, 6.45) is 3.21. The van der Waals surface area contributed by atoms with Crippen molar-refractivity contribution in [1.29, 1.82) is 0 Å². The molecule has 0 aliphatic carbocycles. The van der Waals surface area contributed by atoms with Crippen molar-refractivity contribution in [3.8, 4) is 0 Å². The smallest absolute Gasteiger partial charge is 0.206 e. The molecule has 0 radical (unpaired) electrons. The molecule has 0 aromatic heterocycles. The van der Waals surface area contributed by atoms with Crippen molar-refractivity contribution in [1.82, 2.24) is 3.71 Å². The van der Waals surface area contributed by atoms with E-state index in [0.717, 1.165) is 5.56 Å². The molecule has 0 spiro atoms. The molecule has 0 bridgehead atoms. The Bertz CT molecular complexity index is 1070. The fraction of sp³-hybridized carbons (Fsp3) is 0.0476. The van der Waals surface area contributed by atoms with Gasteiger partial charge in [-0.2, -0.15) is 0 Å². The van der Waals surface area contributed by atoms with Crippen LogP contribution in [0.1, 0.15) is 5.56 Å². The van der Waals surface area contributed by atoms with Crippen molar-refractivity contribution < 1.29 is 16.8 Å². The van der Waals surface area contributed by atoms with E-state index in [9.17, 15) is 16.8 Å². The van der Waals surface area contributed by atoms with Crippen LogP contribution in [-0.2, 0) is 20.0 Å². The van der Waals surface area contributed by atoms with Crippen LogP contribution in [-0.4, -0.2) is 27.1 Å². The summed E-state index contributed by atoms with van der Waals surface area (Å²) >= 11 is 0. The molecule has 0 saturated heterocycles. The zero-order chi connectivity index (χ0) is 20.0. The van der Waals surface area contributed by atoms with E-state index in [4.69, 9.17) is 0 Å². The minimum absolute atomic E-state index is 0.0809. The summed E-state index contributed by atoms with van der Waals surface area (Å²) in [5.74, 6) is 0. The highest BCUT2D eigenvalue weighted by Crippen LogP contribution is 2.24. The first-order chi connectivity index (χ1) is 13.4. The Labute approximate surface area is 165 Å². The third-order valence-electron chi connectivity index (χ3n) is 3.98. The van der Waals surface area contributed by atoms with E-state index in [1.54, 1.807) is 42.5 Å². The van der Waals surface area contributed by atoms with Gasteiger partial charge in [-0.05, 0) is 29.8 Å². The van der Waals surface area contributed by atoms with Crippen LogP contribution in [0.5, 0.6) is 0 Å². The molecule has 0 aliphatic heterocycles. The summed E-state index contributed by atoms with van der Waals surface area (Å²) in [5.41, 5.74) is 0.844. The number of hydrogen-bond acceptors (Lipinski definition) is 4. The molecule has 0 N–H and O–H groups in total. The quantitative estimate of drug-likeness (QED) is 0.591. The van der Waals surface area contributed by atoms with Crippen LogP contribution in [0.4, 0.5) is 0 Å². The average Bonchev–Trinajstić information content (AvgIpc) is 2.73. The normalized spacial score (nSPS) is 12.5. The average molecular weight is 414 g/mol. The Morgan fingerprint density at radius 3 is 1.43 bits per heavy atom. The van der Waals surface area contributed by atoms with Gasteiger partial charge in [-0.3, -0.25) is 0 Å². The maximum atomic E-state index is 13.1. The third kappa shape index (κ3) is 4.39. The Morgan fingerprint density at radius 2 is 1.00 bits per heavy atom. The first kappa shape index (κ1) is 20.0. The molecule has 3 aromatic rings. The van der Waals surface area contributed by atoms with E-state index in [1.807, 2.05) is 30.3 Å². The van der Waals surface area contributed by atoms with Gasteiger partial charge in [-0.1, -0.05) is 82.6 Å². The predicted octanol–water partition coefficient (Wildman–Crippen LogP) is 3.78. The van der Waals surface area contributed by atoms with Gasteiger partial charge in [0.25, 0.3) is 20.0 Å².